The summed E-state index contributed by atoms with van der Waals surface area (Å²) >= 11 is 5.59. The standard InChI is InChI=1S/C7H10O3S2/c1-8-4-5(9-2)7(11)12-6(4)10-3/h11H,1-3H3. The summed E-state index contributed by atoms with van der Waals surface area (Å²) in [5.41, 5.74) is 0. The molecule has 0 atom stereocenters. The van der Waals surface area contributed by atoms with Crippen molar-refractivity contribution in [3.63, 3.8) is 0 Å². The zero-order chi connectivity index (χ0) is 9.14. The van der Waals surface area contributed by atoms with E-state index < -0.39 is 0 Å². The molecule has 0 fully saturated rings. The maximum atomic E-state index is 5.09. The molecule has 68 valence electrons. The van der Waals surface area contributed by atoms with E-state index in [1.807, 2.05) is 0 Å². The quantitative estimate of drug-likeness (QED) is 0.767. The Bertz CT molecular complexity index is 270. The van der Waals surface area contributed by atoms with Gasteiger partial charge in [-0.15, -0.1) is 12.6 Å². The minimum Gasteiger partial charge on any atom is -0.491 e. The Morgan fingerprint density at radius 3 is 2.00 bits per heavy atom. The third-order valence-electron chi connectivity index (χ3n) is 1.37. The first-order valence-electron chi connectivity index (χ1n) is 3.22. The molecule has 1 rings (SSSR count). The molecule has 0 aliphatic rings. The molecule has 0 bridgehead atoms. The Kier molecular flexibility index (Phi) is 3.11. The fraction of sp³-hybridized carbons (Fsp3) is 0.429. The molecule has 12 heavy (non-hydrogen) atoms. The number of hydrogen-bond donors (Lipinski definition) is 1. The number of thiophene rings is 1. The molecule has 0 radical (unpaired) electrons. The molecule has 5 heteroatoms. The van der Waals surface area contributed by atoms with Crippen LogP contribution in [-0.4, -0.2) is 21.3 Å². The summed E-state index contributed by atoms with van der Waals surface area (Å²) < 4.78 is 16.0. The second-order valence-corrected chi connectivity index (χ2v) is 3.70. The molecule has 0 saturated carbocycles. The van der Waals surface area contributed by atoms with Crippen molar-refractivity contribution in [1.29, 1.82) is 0 Å². The summed E-state index contributed by atoms with van der Waals surface area (Å²) in [5, 5.41) is 0.680. The fourth-order valence-electron chi connectivity index (χ4n) is 0.861. The predicted molar refractivity (Wildman–Crippen MR) is 51.2 cm³/mol. The van der Waals surface area contributed by atoms with Crippen molar-refractivity contribution in [1.82, 2.24) is 0 Å². The zero-order valence-electron chi connectivity index (χ0n) is 7.08. The van der Waals surface area contributed by atoms with E-state index in [-0.39, 0.29) is 0 Å². The summed E-state index contributed by atoms with van der Waals surface area (Å²) in [7, 11) is 4.73. The van der Waals surface area contributed by atoms with E-state index >= 15 is 0 Å². The SMILES string of the molecule is COc1sc(S)c(OC)c1OC. The van der Waals surface area contributed by atoms with E-state index in [0.29, 0.717) is 16.6 Å². The molecule has 3 nitrogen and oxygen atoms in total. The van der Waals surface area contributed by atoms with E-state index in [1.54, 1.807) is 21.3 Å². The van der Waals surface area contributed by atoms with Crippen LogP contribution in [0.15, 0.2) is 4.21 Å². The van der Waals surface area contributed by atoms with Crippen molar-refractivity contribution in [3.05, 3.63) is 0 Å². The first-order valence-corrected chi connectivity index (χ1v) is 4.48. The number of methoxy groups -OCH3 is 3. The summed E-state index contributed by atoms with van der Waals surface area (Å²) in [6, 6.07) is 0. The third-order valence-corrected chi connectivity index (χ3v) is 2.76. The van der Waals surface area contributed by atoms with Crippen LogP contribution in [0.1, 0.15) is 0 Å². The van der Waals surface area contributed by atoms with Crippen molar-refractivity contribution < 1.29 is 14.2 Å². The van der Waals surface area contributed by atoms with Crippen LogP contribution in [0.5, 0.6) is 16.6 Å². The Labute approximate surface area is 80.7 Å². The number of hydrogen-bond acceptors (Lipinski definition) is 5. The molecule has 1 aromatic heterocycles. The third kappa shape index (κ3) is 1.47. The van der Waals surface area contributed by atoms with Crippen LogP contribution >= 0.6 is 24.0 Å². The van der Waals surface area contributed by atoms with Crippen LogP contribution in [0.4, 0.5) is 0 Å². The molecule has 0 amide bonds. The van der Waals surface area contributed by atoms with E-state index in [0.717, 1.165) is 4.21 Å². The lowest BCUT2D eigenvalue weighted by Gasteiger charge is -2.03. The van der Waals surface area contributed by atoms with E-state index in [4.69, 9.17) is 14.2 Å². The lowest BCUT2D eigenvalue weighted by molar-refractivity contribution is 0.330. The lowest BCUT2D eigenvalue weighted by Crippen LogP contribution is -1.89. The van der Waals surface area contributed by atoms with Crippen LogP contribution in [-0.2, 0) is 0 Å². The van der Waals surface area contributed by atoms with Gasteiger partial charge in [0.25, 0.3) is 0 Å². The second kappa shape index (κ2) is 3.91. The van der Waals surface area contributed by atoms with Crippen LogP contribution in [0.3, 0.4) is 0 Å². The van der Waals surface area contributed by atoms with Gasteiger partial charge in [0, 0.05) is 0 Å². The van der Waals surface area contributed by atoms with Crippen molar-refractivity contribution in [3.8, 4) is 16.6 Å². The Morgan fingerprint density at radius 1 is 1.00 bits per heavy atom. The first kappa shape index (κ1) is 9.54. The van der Waals surface area contributed by atoms with Gasteiger partial charge in [-0.05, 0) is 0 Å². The van der Waals surface area contributed by atoms with E-state index in [1.165, 1.54) is 11.3 Å². The monoisotopic (exact) mass is 206 g/mol. The van der Waals surface area contributed by atoms with Gasteiger partial charge in [-0.1, -0.05) is 11.3 Å². The maximum Gasteiger partial charge on any atom is 0.221 e. The van der Waals surface area contributed by atoms with Gasteiger partial charge in [0.05, 0.1) is 21.3 Å². The van der Waals surface area contributed by atoms with Gasteiger partial charge in [0.15, 0.2) is 5.75 Å². The zero-order valence-corrected chi connectivity index (χ0v) is 8.79. The highest BCUT2D eigenvalue weighted by Crippen LogP contribution is 2.49. The van der Waals surface area contributed by atoms with Crippen LogP contribution in [0, 0.1) is 0 Å². The summed E-state index contributed by atoms with van der Waals surface area (Å²) in [5.74, 6) is 1.23. The molecule has 0 unspecified atom stereocenters. The summed E-state index contributed by atoms with van der Waals surface area (Å²) in [6.07, 6.45) is 0. The highest BCUT2D eigenvalue weighted by Gasteiger charge is 2.18. The average Bonchev–Trinajstić information content (AvgIpc) is 2.40. The van der Waals surface area contributed by atoms with Gasteiger partial charge in [0.2, 0.25) is 10.8 Å². The molecule has 0 N–H and O–H groups in total. The number of rotatable bonds is 3. The first-order chi connectivity index (χ1) is 5.74. The molecule has 1 aromatic rings. The van der Waals surface area contributed by atoms with E-state index in [2.05, 4.69) is 12.6 Å². The largest absolute Gasteiger partial charge is 0.491 e. The minimum absolute atomic E-state index is 0.606. The van der Waals surface area contributed by atoms with E-state index in [9.17, 15) is 0 Å². The molecular weight excluding hydrogens is 196 g/mol. The smallest absolute Gasteiger partial charge is 0.221 e. The van der Waals surface area contributed by atoms with Gasteiger partial charge in [0.1, 0.15) is 4.21 Å². The Hall–Kier alpha value is -0.550. The fourth-order valence-corrected chi connectivity index (χ4v) is 2.10. The molecule has 0 aliphatic carbocycles. The van der Waals surface area contributed by atoms with Crippen molar-refractivity contribution in [2.45, 2.75) is 4.21 Å². The molecule has 0 spiro atoms. The Morgan fingerprint density at radius 2 is 1.58 bits per heavy atom. The van der Waals surface area contributed by atoms with Crippen molar-refractivity contribution in [2.24, 2.45) is 0 Å². The summed E-state index contributed by atoms with van der Waals surface area (Å²) in [4.78, 5) is 0. The second-order valence-electron chi connectivity index (χ2n) is 1.97. The molecule has 0 aliphatic heterocycles. The normalized spacial score (nSPS) is 9.67. The van der Waals surface area contributed by atoms with Gasteiger partial charge in [-0.25, -0.2) is 0 Å². The maximum absolute atomic E-state index is 5.09. The lowest BCUT2D eigenvalue weighted by atomic mass is 10.5. The van der Waals surface area contributed by atoms with Crippen LogP contribution < -0.4 is 14.2 Å². The van der Waals surface area contributed by atoms with Gasteiger partial charge >= 0.3 is 0 Å². The van der Waals surface area contributed by atoms with Crippen molar-refractivity contribution >= 4 is 24.0 Å². The minimum atomic E-state index is 0.606. The van der Waals surface area contributed by atoms with Crippen molar-refractivity contribution in [2.75, 3.05) is 21.3 Å². The van der Waals surface area contributed by atoms with Crippen LogP contribution in [0.25, 0.3) is 0 Å². The highest BCUT2D eigenvalue weighted by molar-refractivity contribution is 7.83. The molecule has 0 saturated heterocycles. The van der Waals surface area contributed by atoms with Gasteiger partial charge < -0.3 is 14.2 Å². The van der Waals surface area contributed by atoms with Gasteiger partial charge in [-0.2, -0.15) is 0 Å². The average molecular weight is 206 g/mol. The topological polar surface area (TPSA) is 27.7 Å². The van der Waals surface area contributed by atoms with Crippen LogP contribution in [0.2, 0.25) is 0 Å². The summed E-state index contributed by atoms with van der Waals surface area (Å²) in [6.45, 7) is 0. The highest BCUT2D eigenvalue weighted by atomic mass is 32.2. The van der Waals surface area contributed by atoms with Gasteiger partial charge in [-0.3, -0.25) is 0 Å². The molecular formula is C7H10O3S2. The number of thiol groups is 1. The Balaban J connectivity index is 3.16. The molecule has 0 aromatic carbocycles. The predicted octanol–water partition coefficient (Wildman–Crippen LogP) is 2.06. The molecule has 1 heterocycles. The number of ether oxygens (including phenoxy) is 3.